The molecule has 5 atom stereocenters. The molecule has 0 radical (unpaired) electrons. The predicted molar refractivity (Wildman–Crippen MR) is 108 cm³/mol. The minimum absolute atomic E-state index is 0.0179. The summed E-state index contributed by atoms with van der Waals surface area (Å²) in [6.45, 7) is 3.57. The third-order valence-corrected chi connectivity index (χ3v) is 7.74. The number of nitrogens with zero attached hydrogens (tertiary/aromatic N) is 2. The van der Waals surface area contributed by atoms with Crippen LogP contribution in [0.25, 0.3) is 0 Å². The number of fused-ring (bicyclic) bond motifs is 1. The second-order valence-electron chi connectivity index (χ2n) is 8.30. The van der Waals surface area contributed by atoms with Crippen molar-refractivity contribution in [3.63, 3.8) is 0 Å². The summed E-state index contributed by atoms with van der Waals surface area (Å²) in [5.41, 5.74) is 2.07. The molecule has 0 spiro atoms. The number of pyridine rings is 1. The highest BCUT2D eigenvalue weighted by Gasteiger charge is 2.50. The van der Waals surface area contributed by atoms with E-state index in [0.29, 0.717) is 19.5 Å². The summed E-state index contributed by atoms with van der Waals surface area (Å²) in [5, 5.41) is 13.9. The van der Waals surface area contributed by atoms with E-state index in [1.54, 1.807) is 11.1 Å². The van der Waals surface area contributed by atoms with Crippen LogP contribution in [0.2, 0.25) is 0 Å². The number of sulfone groups is 1. The number of aromatic nitrogens is 1. The number of nitrogens with one attached hydrogen (secondary N) is 1. The second-order valence-corrected chi connectivity index (χ2v) is 10.6. The molecule has 166 valence electrons. The van der Waals surface area contributed by atoms with Crippen LogP contribution >= 0.6 is 0 Å². The quantitative estimate of drug-likeness (QED) is 0.604. The molecule has 9 nitrogen and oxygen atoms in total. The van der Waals surface area contributed by atoms with Gasteiger partial charge in [0.1, 0.15) is 12.2 Å². The molecule has 0 aromatic carbocycles. The van der Waals surface area contributed by atoms with Gasteiger partial charge in [0.05, 0.1) is 41.9 Å². The largest absolute Gasteiger partial charge is 0.388 e. The van der Waals surface area contributed by atoms with Crippen molar-refractivity contribution >= 4 is 15.7 Å². The zero-order valence-corrected chi connectivity index (χ0v) is 17.9. The van der Waals surface area contributed by atoms with Crippen LogP contribution < -0.4 is 5.32 Å². The normalized spacial score (nSPS) is 32.9. The lowest BCUT2D eigenvalue weighted by Crippen LogP contribution is -2.45. The molecule has 1 aromatic heterocycles. The van der Waals surface area contributed by atoms with E-state index < -0.39 is 22.0 Å². The van der Waals surface area contributed by atoms with Gasteiger partial charge in [0, 0.05) is 38.8 Å². The van der Waals surface area contributed by atoms with Gasteiger partial charge in [-0.3, -0.25) is 9.78 Å². The van der Waals surface area contributed by atoms with Crippen LogP contribution in [0.4, 0.5) is 0 Å². The van der Waals surface area contributed by atoms with Gasteiger partial charge in [-0.15, -0.1) is 0 Å². The highest BCUT2D eigenvalue weighted by molar-refractivity contribution is 7.91. The van der Waals surface area contributed by atoms with E-state index >= 15 is 0 Å². The maximum absolute atomic E-state index is 12.5. The number of ether oxygens (including phenoxy) is 2. The van der Waals surface area contributed by atoms with Crippen molar-refractivity contribution in [2.45, 2.75) is 56.8 Å². The molecule has 0 saturated carbocycles. The van der Waals surface area contributed by atoms with Gasteiger partial charge in [-0.25, -0.2) is 8.42 Å². The number of rotatable bonds is 6. The first-order valence-electron chi connectivity index (χ1n) is 10.4. The molecule has 3 fully saturated rings. The Morgan fingerprint density at radius 1 is 1.33 bits per heavy atom. The molecule has 1 amide bonds. The van der Waals surface area contributed by atoms with Crippen molar-refractivity contribution in [1.82, 2.24) is 15.2 Å². The van der Waals surface area contributed by atoms with Gasteiger partial charge in [0.25, 0.3) is 0 Å². The Bertz CT molecular complexity index is 865. The molecule has 2 N–H and O–H groups in total. The molecule has 10 heteroatoms. The Morgan fingerprint density at radius 2 is 2.10 bits per heavy atom. The fourth-order valence-electron chi connectivity index (χ4n) is 4.33. The van der Waals surface area contributed by atoms with Crippen molar-refractivity contribution in [3.8, 4) is 0 Å². The van der Waals surface area contributed by atoms with E-state index in [4.69, 9.17) is 9.47 Å². The molecule has 0 aliphatic carbocycles. The summed E-state index contributed by atoms with van der Waals surface area (Å²) in [7, 11) is -3.02. The summed E-state index contributed by atoms with van der Waals surface area (Å²) in [4.78, 5) is 18.4. The minimum atomic E-state index is -3.02. The molecule has 30 heavy (non-hydrogen) atoms. The van der Waals surface area contributed by atoms with Crippen LogP contribution in [0.5, 0.6) is 0 Å². The number of aryl methyl sites for hydroxylation is 1. The number of hydrogen-bond donors (Lipinski definition) is 2. The monoisotopic (exact) mass is 439 g/mol. The van der Waals surface area contributed by atoms with Gasteiger partial charge < -0.3 is 24.8 Å². The molecule has 3 aliphatic rings. The number of hydrogen-bond acceptors (Lipinski definition) is 8. The van der Waals surface area contributed by atoms with Crippen LogP contribution in [0.15, 0.2) is 18.3 Å². The van der Waals surface area contributed by atoms with E-state index in [0.717, 1.165) is 11.3 Å². The van der Waals surface area contributed by atoms with Gasteiger partial charge in [0.2, 0.25) is 5.91 Å². The Balaban J connectivity index is 1.22. The fraction of sp³-hybridized carbons (Fsp3) is 0.700. The van der Waals surface area contributed by atoms with Crippen LogP contribution in [-0.4, -0.2) is 91.0 Å². The second kappa shape index (κ2) is 8.88. The summed E-state index contributed by atoms with van der Waals surface area (Å²) >= 11 is 0. The van der Waals surface area contributed by atoms with Gasteiger partial charge in [-0.1, -0.05) is 6.07 Å². The molecule has 4 heterocycles. The van der Waals surface area contributed by atoms with Crippen LogP contribution in [0.3, 0.4) is 0 Å². The molecule has 1 aromatic rings. The molecule has 4 rings (SSSR count). The van der Waals surface area contributed by atoms with Crippen molar-refractivity contribution in [2.75, 3.05) is 31.1 Å². The molecule has 5 unspecified atom stereocenters. The SMILES string of the molecule is Cc1cccnc1CNCC1OC2CC(CC(=O)N3CCS(=O)(=O)CC3)OC2C1O. The standard InChI is InChI=1S/C20H29N3O6S/c1-13-3-2-4-22-15(13)11-21-12-17-19(25)20-16(29-17)9-14(28-20)10-18(24)23-5-7-30(26,27)8-6-23/h2-4,14,16-17,19-21,25H,5-12H2,1H3. The summed E-state index contributed by atoms with van der Waals surface area (Å²) in [5.74, 6) is -0.0676. The number of carbonyl (C=O) groups is 1. The van der Waals surface area contributed by atoms with Crippen molar-refractivity contribution in [3.05, 3.63) is 29.6 Å². The first-order valence-corrected chi connectivity index (χ1v) is 12.2. The van der Waals surface area contributed by atoms with E-state index in [9.17, 15) is 18.3 Å². The number of carbonyl (C=O) groups excluding carboxylic acids is 1. The highest BCUT2D eigenvalue weighted by Crippen LogP contribution is 2.35. The smallest absolute Gasteiger partial charge is 0.225 e. The van der Waals surface area contributed by atoms with Gasteiger partial charge >= 0.3 is 0 Å². The third-order valence-electron chi connectivity index (χ3n) is 6.13. The van der Waals surface area contributed by atoms with E-state index in [1.165, 1.54) is 0 Å². The van der Waals surface area contributed by atoms with E-state index in [2.05, 4.69) is 10.3 Å². The lowest BCUT2D eigenvalue weighted by molar-refractivity contribution is -0.134. The van der Waals surface area contributed by atoms with Crippen LogP contribution in [0.1, 0.15) is 24.1 Å². The zero-order valence-electron chi connectivity index (χ0n) is 17.1. The van der Waals surface area contributed by atoms with Crippen LogP contribution in [-0.2, 0) is 30.7 Å². The molecule has 0 bridgehead atoms. The van der Waals surface area contributed by atoms with Crippen molar-refractivity contribution < 1.29 is 27.8 Å². The Labute approximate surface area is 176 Å². The zero-order chi connectivity index (χ0) is 21.3. The number of aliphatic hydroxyl groups excluding tert-OH is 1. The maximum Gasteiger partial charge on any atom is 0.225 e. The lowest BCUT2D eigenvalue weighted by atomic mass is 10.1. The first-order chi connectivity index (χ1) is 14.3. The summed E-state index contributed by atoms with van der Waals surface area (Å²) in [6.07, 6.45) is 0.385. The summed E-state index contributed by atoms with van der Waals surface area (Å²) in [6, 6.07) is 3.91. The van der Waals surface area contributed by atoms with E-state index in [1.807, 2.05) is 19.1 Å². The molecular formula is C20H29N3O6S. The highest BCUT2D eigenvalue weighted by atomic mass is 32.2. The van der Waals surface area contributed by atoms with Gasteiger partial charge in [-0.05, 0) is 18.6 Å². The lowest BCUT2D eigenvalue weighted by Gasteiger charge is -2.28. The van der Waals surface area contributed by atoms with Gasteiger partial charge in [0.15, 0.2) is 9.84 Å². The number of amides is 1. The Hall–Kier alpha value is -1.59. The topological polar surface area (TPSA) is 118 Å². The first kappa shape index (κ1) is 21.6. The number of aliphatic hydroxyl groups is 1. The maximum atomic E-state index is 12.5. The molecular weight excluding hydrogens is 410 g/mol. The third kappa shape index (κ3) is 4.83. The predicted octanol–water partition coefficient (Wildman–Crippen LogP) is -0.587. The van der Waals surface area contributed by atoms with E-state index in [-0.39, 0.29) is 55.2 Å². The molecule has 3 saturated heterocycles. The average molecular weight is 440 g/mol. The van der Waals surface area contributed by atoms with Crippen molar-refractivity contribution in [2.24, 2.45) is 0 Å². The summed E-state index contributed by atoms with van der Waals surface area (Å²) < 4.78 is 35.0. The minimum Gasteiger partial charge on any atom is -0.388 e. The fourth-order valence-corrected chi connectivity index (χ4v) is 5.53. The average Bonchev–Trinajstić information content (AvgIpc) is 3.22. The van der Waals surface area contributed by atoms with Crippen LogP contribution in [0, 0.1) is 6.92 Å². The Kier molecular flexibility index (Phi) is 6.40. The molecule has 3 aliphatic heterocycles. The Morgan fingerprint density at radius 3 is 2.80 bits per heavy atom. The van der Waals surface area contributed by atoms with Crippen molar-refractivity contribution in [1.29, 1.82) is 0 Å². The van der Waals surface area contributed by atoms with Gasteiger partial charge in [-0.2, -0.15) is 0 Å².